The Bertz CT molecular complexity index is 575. The Labute approximate surface area is 120 Å². The van der Waals surface area contributed by atoms with Gasteiger partial charge in [-0.1, -0.05) is 35.5 Å². The van der Waals surface area contributed by atoms with Crippen molar-refractivity contribution in [2.24, 2.45) is 0 Å². The van der Waals surface area contributed by atoms with Crippen LogP contribution in [0.3, 0.4) is 0 Å². The molecule has 0 saturated heterocycles. The highest BCUT2D eigenvalue weighted by Gasteiger charge is 2.06. The van der Waals surface area contributed by atoms with Crippen molar-refractivity contribution in [2.75, 3.05) is 12.9 Å². The quantitative estimate of drug-likeness (QED) is 0.493. The van der Waals surface area contributed by atoms with Gasteiger partial charge in [-0.25, -0.2) is 9.97 Å². The number of hydrogen-bond donors (Lipinski definition) is 0. The second-order valence-electron chi connectivity index (χ2n) is 3.60. The number of thioether (sulfide) groups is 1. The molecular formula is C13H11ClN2O2S. The van der Waals surface area contributed by atoms with Gasteiger partial charge in [0.05, 0.1) is 18.6 Å². The zero-order chi connectivity index (χ0) is 13.7. The van der Waals surface area contributed by atoms with Crippen molar-refractivity contribution >= 4 is 29.3 Å². The largest absolute Gasteiger partial charge is 0.468 e. The number of aromatic nitrogens is 2. The highest BCUT2D eigenvalue weighted by Crippen LogP contribution is 2.21. The van der Waals surface area contributed by atoms with E-state index in [2.05, 4.69) is 14.7 Å². The number of nitrogens with zero attached hydrogens (tertiary/aromatic N) is 2. The van der Waals surface area contributed by atoms with Gasteiger partial charge in [-0.05, 0) is 18.2 Å². The van der Waals surface area contributed by atoms with E-state index in [1.165, 1.54) is 18.9 Å². The number of esters is 1. The zero-order valence-electron chi connectivity index (χ0n) is 10.2. The first-order valence-corrected chi connectivity index (χ1v) is 6.84. The van der Waals surface area contributed by atoms with Gasteiger partial charge in [0.15, 0.2) is 5.16 Å². The second kappa shape index (κ2) is 6.54. The molecule has 0 N–H and O–H groups in total. The molecule has 0 radical (unpaired) electrons. The number of carbonyl (C=O) groups excluding carboxylic acids is 1. The van der Waals surface area contributed by atoms with Crippen LogP contribution in [0.2, 0.25) is 5.02 Å². The summed E-state index contributed by atoms with van der Waals surface area (Å²) in [6.07, 6.45) is 1.66. The highest BCUT2D eigenvalue weighted by molar-refractivity contribution is 7.99. The molecule has 0 aliphatic carbocycles. The molecule has 4 nitrogen and oxygen atoms in total. The minimum Gasteiger partial charge on any atom is -0.468 e. The fraction of sp³-hybridized carbons (Fsp3) is 0.154. The summed E-state index contributed by atoms with van der Waals surface area (Å²) in [5.41, 5.74) is 1.74. The summed E-state index contributed by atoms with van der Waals surface area (Å²) in [7, 11) is 1.36. The van der Waals surface area contributed by atoms with Crippen LogP contribution in [0.5, 0.6) is 0 Å². The molecule has 1 aromatic carbocycles. The first kappa shape index (κ1) is 13.8. The molecule has 0 bridgehead atoms. The predicted octanol–water partition coefficient (Wildman–Crippen LogP) is 3.06. The lowest BCUT2D eigenvalue weighted by Gasteiger charge is -2.03. The van der Waals surface area contributed by atoms with E-state index in [1.54, 1.807) is 18.3 Å². The van der Waals surface area contributed by atoms with Gasteiger partial charge in [-0.3, -0.25) is 4.79 Å². The molecular weight excluding hydrogens is 284 g/mol. The van der Waals surface area contributed by atoms with Gasteiger partial charge in [-0.15, -0.1) is 0 Å². The molecule has 2 aromatic rings. The lowest BCUT2D eigenvalue weighted by molar-refractivity contribution is -0.137. The molecule has 0 saturated carbocycles. The lowest BCUT2D eigenvalue weighted by atomic mass is 10.1. The number of halogens is 1. The van der Waals surface area contributed by atoms with Crippen LogP contribution in [0.1, 0.15) is 0 Å². The molecule has 98 valence electrons. The first-order chi connectivity index (χ1) is 9.19. The molecule has 6 heteroatoms. The van der Waals surface area contributed by atoms with Gasteiger partial charge in [0, 0.05) is 16.8 Å². The molecule has 2 rings (SSSR count). The van der Waals surface area contributed by atoms with Gasteiger partial charge < -0.3 is 4.74 Å². The summed E-state index contributed by atoms with van der Waals surface area (Å²) in [5, 5.41) is 1.22. The van der Waals surface area contributed by atoms with Crippen molar-refractivity contribution in [1.82, 2.24) is 9.97 Å². The van der Waals surface area contributed by atoms with Crippen molar-refractivity contribution in [1.29, 1.82) is 0 Å². The molecule has 0 aliphatic heterocycles. The van der Waals surface area contributed by atoms with Crippen LogP contribution in [-0.2, 0) is 9.53 Å². The van der Waals surface area contributed by atoms with Gasteiger partial charge in [0.2, 0.25) is 0 Å². The van der Waals surface area contributed by atoms with Crippen molar-refractivity contribution in [3.63, 3.8) is 0 Å². The molecule has 19 heavy (non-hydrogen) atoms. The van der Waals surface area contributed by atoms with E-state index in [0.717, 1.165) is 11.3 Å². The average Bonchev–Trinajstić information content (AvgIpc) is 2.46. The Kier molecular flexibility index (Phi) is 4.76. The summed E-state index contributed by atoms with van der Waals surface area (Å²) >= 11 is 7.08. The number of benzene rings is 1. The van der Waals surface area contributed by atoms with Crippen LogP contribution < -0.4 is 0 Å². The van der Waals surface area contributed by atoms with E-state index in [9.17, 15) is 4.79 Å². The molecule has 0 spiro atoms. The Balaban J connectivity index is 2.15. The topological polar surface area (TPSA) is 52.1 Å². The van der Waals surface area contributed by atoms with Crippen LogP contribution in [0.25, 0.3) is 11.3 Å². The van der Waals surface area contributed by atoms with Crippen molar-refractivity contribution in [3.8, 4) is 11.3 Å². The van der Waals surface area contributed by atoms with Crippen LogP contribution in [0, 0.1) is 0 Å². The van der Waals surface area contributed by atoms with E-state index in [1.807, 2.05) is 18.2 Å². The molecule has 1 aromatic heterocycles. The summed E-state index contributed by atoms with van der Waals surface area (Å²) in [4.78, 5) is 19.6. The standard InChI is InChI=1S/C13H11ClN2O2S/c1-18-12(17)8-19-13-15-7-6-11(16-13)9-2-4-10(14)5-3-9/h2-7H,8H2,1H3. The predicted molar refractivity (Wildman–Crippen MR) is 75.2 cm³/mol. The SMILES string of the molecule is COC(=O)CSc1nccc(-c2ccc(Cl)cc2)n1. The highest BCUT2D eigenvalue weighted by atomic mass is 35.5. The normalized spacial score (nSPS) is 10.2. The van der Waals surface area contributed by atoms with E-state index in [4.69, 9.17) is 11.6 Å². The molecule has 1 heterocycles. The summed E-state index contributed by atoms with van der Waals surface area (Å²) < 4.78 is 4.57. The lowest BCUT2D eigenvalue weighted by Crippen LogP contribution is -2.03. The number of ether oxygens (including phenoxy) is 1. The Morgan fingerprint density at radius 3 is 2.74 bits per heavy atom. The van der Waals surface area contributed by atoms with Crippen LogP contribution in [-0.4, -0.2) is 28.8 Å². The van der Waals surface area contributed by atoms with Crippen molar-refractivity contribution < 1.29 is 9.53 Å². The molecule has 0 atom stereocenters. The van der Waals surface area contributed by atoms with E-state index < -0.39 is 0 Å². The van der Waals surface area contributed by atoms with Gasteiger partial charge in [-0.2, -0.15) is 0 Å². The smallest absolute Gasteiger partial charge is 0.316 e. The monoisotopic (exact) mass is 294 g/mol. The number of rotatable bonds is 4. The maximum absolute atomic E-state index is 11.1. The minimum absolute atomic E-state index is 0.195. The molecule has 0 unspecified atom stereocenters. The van der Waals surface area contributed by atoms with Crippen LogP contribution in [0.4, 0.5) is 0 Å². The van der Waals surface area contributed by atoms with Gasteiger partial charge in [0.1, 0.15) is 0 Å². The fourth-order valence-corrected chi connectivity index (χ4v) is 2.16. The summed E-state index contributed by atoms with van der Waals surface area (Å²) in [6, 6.07) is 9.20. The third kappa shape index (κ3) is 3.94. The molecule has 0 fully saturated rings. The summed E-state index contributed by atoms with van der Waals surface area (Å²) in [6.45, 7) is 0. The first-order valence-electron chi connectivity index (χ1n) is 5.47. The second-order valence-corrected chi connectivity index (χ2v) is 4.98. The van der Waals surface area contributed by atoms with Gasteiger partial charge in [0.25, 0.3) is 0 Å². The maximum atomic E-state index is 11.1. The average molecular weight is 295 g/mol. The Morgan fingerprint density at radius 1 is 1.32 bits per heavy atom. The van der Waals surface area contributed by atoms with Crippen LogP contribution >= 0.6 is 23.4 Å². The Hall–Kier alpha value is -1.59. The van der Waals surface area contributed by atoms with Crippen molar-refractivity contribution in [3.05, 3.63) is 41.6 Å². The molecule has 0 aliphatic rings. The number of methoxy groups -OCH3 is 1. The summed E-state index contributed by atoms with van der Waals surface area (Å²) in [5.74, 6) is -0.105. The molecule has 0 amide bonds. The Morgan fingerprint density at radius 2 is 2.05 bits per heavy atom. The third-order valence-corrected chi connectivity index (χ3v) is 3.41. The minimum atomic E-state index is -0.300. The number of carbonyl (C=O) groups is 1. The van der Waals surface area contributed by atoms with Gasteiger partial charge >= 0.3 is 5.97 Å². The third-order valence-electron chi connectivity index (χ3n) is 2.32. The van der Waals surface area contributed by atoms with Crippen LogP contribution in [0.15, 0.2) is 41.7 Å². The maximum Gasteiger partial charge on any atom is 0.316 e. The zero-order valence-corrected chi connectivity index (χ0v) is 11.7. The number of hydrogen-bond acceptors (Lipinski definition) is 5. The van der Waals surface area contributed by atoms with Crippen molar-refractivity contribution in [2.45, 2.75) is 5.16 Å². The van der Waals surface area contributed by atoms with E-state index in [0.29, 0.717) is 10.2 Å². The van der Waals surface area contributed by atoms with E-state index in [-0.39, 0.29) is 11.7 Å². The fourth-order valence-electron chi connectivity index (χ4n) is 1.37. The van der Waals surface area contributed by atoms with E-state index >= 15 is 0 Å².